The average Bonchev–Trinajstić information content (AvgIpc) is 2.49. The molecule has 1 aromatic rings. The molecule has 0 radical (unpaired) electrons. The number of halogens is 3. The van der Waals surface area contributed by atoms with Crippen molar-refractivity contribution in [3.05, 3.63) is 24.2 Å². The van der Waals surface area contributed by atoms with Gasteiger partial charge in [-0.25, -0.2) is 5.43 Å². The first-order chi connectivity index (χ1) is 6.04. The molecule has 0 aliphatic heterocycles. The molecule has 1 atom stereocenters. The van der Waals surface area contributed by atoms with Crippen LogP contribution in [0.3, 0.4) is 0 Å². The maximum atomic E-state index is 12.6. The maximum absolute atomic E-state index is 12.6. The topological polar surface area (TPSA) is 51.2 Å². The lowest BCUT2D eigenvalue weighted by molar-refractivity contribution is 0.0482. The van der Waals surface area contributed by atoms with E-state index in [1.54, 1.807) is 12.1 Å². The van der Waals surface area contributed by atoms with Crippen LogP contribution in [0.2, 0.25) is 0 Å². The van der Waals surface area contributed by atoms with Crippen molar-refractivity contribution in [2.45, 2.75) is 17.8 Å². The number of hydrogen-bond donors (Lipinski definition) is 2. The van der Waals surface area contributed by atoms with E-state index in [0.29, 0.717) is 5.76 Å². The van der Waals surface area contributed by atoms with Gasteiger partial charge in [0, 0.05) is 6.42 Å². The van der Waals surface area contributed by atoms with Crippen molar-refractivity contribution in [3.8, 4) is 0 Å². The van der Waals surface area contributed by atoms with Gasteiger partial charge in [-0.1, -0.05) is 0 Å². The zero-order valence-corrected chi connectivity index (χ0v) is 7.39. The average molecular weight is 211 g/mol. The van der Waals surface area contributed by atoms with Crippen LogP contribution >= 0.6 is 11.6 Å². The van der Waals surface area contributed by atoms with Crippen LogP contribution in [0, 0.1) is 0 Å². The van der Waals surface area contributed by atoms with Gasteiger partial charge in [0.25, 0.3) is 0 Å². The van der Waals surface area contributed by atoms with E-state index in [1.165, 1.54) is 6.26 Å². The van der Waals surface area contributed by atoms with Crippen molar-refractivity contribution in [2.75, 3.05) is 0 Å². The maximum Gasteiger partial charge on any atom is 0.338 e. The predicted molar refractivity (Wildman–Crippen MR) is 44.3 cm³/mol. The number of nitrogens with one attached hydrogen (secondary N) is 1. The fourth-order valence-corrected chi connectivity index (χ4v) is 1.04. The van der Waals surface area contributed by atoms with E-state index in [0.717, 1.165) is 0 Å². The van der Waals surface area contributed by atoms with Crippen molar-refractivity contribution in [2.24, 2.45) is 5.84 Å². The molecular weight excluding hydrogens is 202 g/mol. The molecule has 1 rings (SSSR count). The minimum Gasteiger partial charge on any atom is -0.469 e. The molecule has 1 aromatic heterocycles. The quantitative estimate of drug-likeness (QED) is 0.450. The van der Waals surface area contributed by atoms with Crippen molar-refractivity contribution in [1.82, 2.24) is 5.43 Å². The highest BCUT2D eigenvalue weighted by molar-refractivity contribution is 6.22. The summed E-state index contributed by atoms with van der Waals surface area (Å²) >= 11 is 4.80. The molecule has 3 nitrogen and oxygen atoms in total. The largest absolute Gasteiger partial charge is 0.469 e. The fraction of sp³-hybridized carbons (Fsp3) is 0.429. The highest BCUT2D eigenvalue weighted by Crippen LogP contribution is 2.25. The Hall–Kier alpha value is -0.650. The summed E-state index contributed by atoms with van der Waals surface area (Å²) in [6, 6.07) is 1.85. The van der Waals surface area contributed by atoms with Crippen LogP contribution in [0.25, 0.3) is 0 Å². The van der Waals surface area contributed by atoms with Crippen LogP contribution in [-0.2, 0) is 6.42 Å². The van der Waals surface area contributed by atoms with Crippen molar-refractivity contribution >= 4 is 11.6 Å². The van der Waals surface area contributed by atoms with Crippen LogP contribution in [0.5, 0.6) is 0 Å². The Bertz CT molecular complexity index is 247. The van der Waals surface area contributed by atoms with Gasteiger partial charge in [-0.05, 0) is 23.7 Å². The van der Waals surface area contributed by atoms with Gasteiger partial charge < -0.3 is 4.42 Å². The predicted octanol–water partition coefficient (Wildman–Crippen LogP) is 1.49. The Kier molecular flexibility index (Phi) is 3.24. The standard InChI is InChI=1S/C7H9ClF2N2O/c8-7(9,10)6(12-11)4-5-2-1-3-13-5/h1-3,6,12H,4,11H2. The number of nitrogens with two attached hydrogens (primary N) is 1. The SMILES string of the molecule is NNC(Cc1ccco1)C(F)(F)Cl. The van der Waals surface area contributed by atoms with Gasteiger partial charge in [0.05, 0.1) is 6.26 Å². The summed E-state index contributed by atoms with van der Waals surface area (Å²) in [7, 11) is 0. The molecule has 3 N–H and O–H groups in total. The number of hydrogen-bond acceptors (Lipinski definition) is 3. The molecule has 0 fully saturated rings. The van der Waals surface area contributed by atoms with E-state index >= 15 is 0 Å². The molecule has 13 heavy (non-hydrogen) atoms. The molecule has 0 spiro atoms. The van der Waals surface area contributed by atoms with Crippen LogP contribution in [0.1, 0.15) is 5.76 Å². The lowest BCUT2D eigenvalue weighted by atomic mass is 10.2. The third-order valence-corrected chi connectivity index (χ3v) is 1.85. The van der Waals surface area contributed by atoms with Gasteiger partial charge >= 0.3 is 5.38 Å². The molecule has 0 amide bonds. The fourth-order valence-electron chi connectivity index (χ4n) is 0.899. The minimum atomic E-state index is -3.39. The minimum absolute atomic E-state index is 0.0556. The molecule has 0 aliphatic rings. The van der Waals surface area contributed by atoms with E-state index < -0.39 is 11.4 Å². The molecule has 0 aliphatic carbocycles. The Balaban J connectivity index is 2.60. The van der Waals surface area contributed by atoms with Crippen molar-refractivity contribution < 1.29 is 13.2 Å². The second-order valence-electron chi connectivity index (χ2n) is 2.54. The zero-order valence-electron chi connectivity index (χ0n) is 6.64. The first kappa shape index (κ1) is 10.4. The van der Waals surface area contributed by atoms with E-state index in [2.05, 4.69) is 0 Å². The van der Waals surface area contributed by atoms with Crippen molar-refractivity contribution in [3.63, 3.8) is 0 Å². The third kappa shape index (κ3) is 2.95. The van der Waals surface area contributed by atoms with E-state index in [-0.39, 0.29) is 6.42 Å². The smallest absolute Gasteiger partial charge is 0.338 e. The summed E-state index contributed by atoms with van der Waals surface area (Å²) in [6.45, 7) is 0. The van der Waals surface area contributed by atoms with Gasteiger partial charge in [0.15, 0.2) is 0 Å². The molecule has 0 saturated carbocycles. The lowest BCUT2D eigenvalue weighted by Gasteiger charge is -2.19. The zero-order chi connectivity index (χ0) is 9.90. The van der Waals surface area contributed by atoms with Gasteiger partial charge in [0.1, 0.15) is 11.8 Å². The molecule has 74 valence electrons. The normalized spacial score (nSPS) is 14.5. The summed E-state index contributed by atoms with van der Waals surface area (Å²) in [6.07, 6.45) is 1.34. The second-order valence-corrected chi connectivity index (χ2v) is 3.05. The molecule has 6 heteroatoms. The van der Waals surface area contributed by atoms with E-state index in [9.17, 15) is 8.78 Å². The molecule has 0 aromatic carbocycles. The number of furan rings is 1. The molecule has 0 bridgehead atoms. The second kappa shape index (κ2) is 4.04. The first-order valence-corrected chi connectivity index (χ1v) is 3.97. The Labute approximate surface area is 78.8 Å². The van der Waals surface area contributed by atoms with Crippen LogP contribution in [-0.4, -0.2) is 11.4 Å². The molecular formula is C7H9ClF2N2O. The number of alkyl halides is 3. The van der Waals surface area contributed by atoms with Crippen LogP contribution in [0.15, 0.2) is 22.8 Å². The summed E-state index contributed by atoms with van der Waals surface area (Å²) in [5.41, 5.74) is 1.94. The molecule has 1 unspecified atom stereocenters. The molecule has 1 heterocycles. The lowest BCUT2D eigenvalue weighted by Crippen LogP contribution is -2.46. The summed E-state index contributed by atoms with van der Waals surface area (Å²) in [5, 5.41) is -3.39. The molecule has 0 saturated heterocycles. The highest BCUT2D eigenvalue weighted by Gasteiger charge is 2.36. The van der Waals surface area contributed by atoms with Gasteiger partial charge in [-0.15, -0.1) is 0 Å². The Morgan fingerprint density at radius 3 is 2.77 bits per heavy atom. The van der Waals surface area contributed by atoms with E-state index in [4.69, 9.17) is 21.9 Å². The van der Waals surface area contributed by atoms with Crippen LogP contribution < -0.4 is 11.3 Å². The number of hydrazine groups is 1. The van der Waals surface area contributed by atoms with E-state index in [1.807, 2.05) is 5.43 Å². The number of rotatable bonds is 4. The van der Waals surface area contributed by atoms with Crippen LogP contribution in [0.4, 0.5) is 8.78 Å². The van der Waals surface area contributed by atoms with Gasteiger partial charge in [-0.2, -0.15) is 8.78 Å². The Morgan fingerprint density at radius 2 is 2.38 bits per heavy atom. The first-order valence-electron chi connectivity index (χ1n) is 3.59. The summed E-state index contributed by atoms with van der Waals surface area (Å²) in [5.74, 6) is 5.33. The van der Waals surface area contributed by atoms with Gasteiger partial charge in [-0.3, -0.25) is 5.84 Å². The third-order valence-electron chi connectivity index (χ3n) is 1.58. The van der Waals surface area contributed by atoms with Gasteiger partial charge in [0.2, 0.25) is 0 Å². The summed E-state index contributed by atoms with van der Waals surface area (Å²) < 4.78 is 30.0. The Morgan fingerprint density at radius 1 is 1.69 bits per heavy atom. The highest BCUT2D eigenvalue weighted by atomic mass is 35.5. The van der Waals surface area contributed by atoms with Crippen molar-refractivity contribution in [1.29, 1.82) is 0 Å². The summed E-state index contributed by atoms with van der Waals surface area (Å²) in [4.78, 5) is 0. The monoisotopic (exact) mass is 210 g/mol.